The van der Waals surface area contributed by atoms with Gasteiger partial charge in [-0.15, -0.1) is 0 Å². The maximum atomic E-state index is 6.13. The van der Waals surface area contributed by atoms with E-state index in [0.29, 0.717) is 0 Å². The van der Waals surface area contributed by atoms with E-state index in [0.717, 1.165) is 52.6 Å². The predicted molar refractivity (Wildman–Crippen MR) is 213 cm³/mol. The Morgan fingerprint density at radius 2 is 0.714 bits per heavy atom. The van der Waals surface area contributed by atoms with Gasteiger partial charge in [-0.3, -0.25) is 0 Å². The van der Waals surface area contributed by atoms with Crippen molar-refractivity contribution in [3.8, 4) is 0 Å². The number of hydrogen-bond donors (Lipinski definition) is 1. The van der Waals surface area contributed by atoms with Crippen molar-refractivity contribution >= 4 is 0 Å². The fourth-order valence-corrected chi connectivity index (χ4v) is 7.05. The smallest absolute Gasteiger partial charge is 0.103 e. The van der Waals surface area contributed by atoms with E-state index in [1.807, 2.05) is 0 Å². The molecule has 0 aromatic rings. The number of piperazine rings is 1. The number of halogens is 1. The maximum Gasteiger partial charge on any atom is 0.103 e. The summed E-state index contributed by atoms with van der Waals surface area (Å²) in [4.78, 5) is 0. The highest BCUT2D eigenvalue weighted by atomic mass is 79.9. The second-order valence-electron chi connectivity index (χ2n) is 15.1. The molecule has 1 heterocycles. The van der Waals surface area contributed by atoms with Gasteiger partial charge in [0.2, 0.25) is 0 Å². The maximum absolute atomic E-state index is 6.13. The fourth-order valence-electron chi connectivity index (χ4n) is 7.05. The second-order valence-corrected chi connectivity index (χ2v) is 15.1. The van der Waals surface area contributed by atoms with Crippen molar-refractivity contribution in [2.24, 2.45) is 0 Å². The molecule has 292 valence electrons. The van der Waals surface area contributed by atoms with Crippen LogP contribution in [0, 0.1) is 0 Å². The first kappa shape index (κ1) is 48.8. The molecule has 0 aromatic heterocycles. The minimum Gasteiger partial charge on any atom is -1.00 e. The van der Waals surface area contributed by atoms with Crippen LogP contribution in [-0.4, -0.2) is 70.2 Å². The number of unbranched alkanes of at least 4 members (excludes halogenated alkanes) is 24. The molecular formula is C44H87BrN2O2. The van der Waals surface area contributed by atoms with Crippen molar-refractivity contribution in [2.45, 2.75) is 194 Å². The number of hydrogen-bond acceptors (Lipinski definition) is 3. The Morgan fingerprint density at radius 1 is 0.408 bits per heavy atom. The van der Waals surface area contributed by atoms with Crippen LogP contribution in [0.25, 0.3) is 0 Å². The molecule has 0 saturated carbocycles. The van der Waals surface area contributed by atoms with E-state index in [-0.39, 0.29) is 17.0 Å². The molecule has 1 aliphatic rings. The van der Waals surface area contributed by atoms with Crippen LogP contribution in [0.1, 0.15) is 194 Å². The first-order valence-corrected chi connectivity index (χ1v) is 21.8. The molecule has 1 fully saturated rings. The molecule has 1 rings (SSSR count). The van der Waals surface area contributed by atoms with Gasteiger partial charge in [-0.25, -0.2) is 0 Å². The van der Waals surface area contributed by atoms with E-state index in [2.05, 4.69) is 43.5 Å². The third-order valence-corrected chi connectivity index (χ3v) is 10.5. The average Bonchev–Trinajstić information content (AvgIpc) is 3.10. The largest absolute Gasteiger partial charge is 1.00 e. The lowest BCUT2D eigenvalue weighted by molar-refractivity contribution is -0.930. The molecule has 1 saturated heterocycles. The molecular weight excluding hydrogens is 668 g/mol. The van der Waals surface area contributed by atoms with E-state index >= 15 is 0 Å². The Labute approximate surface area is 318 Å². The van der Waals surface area contributed by atoms with Crippen LogP contribution >= 0.6 is 0 Å². The van der Waals surface area contributed by atoms with Crippen LogP contribution in [0.3, 0.4) is 0 Å². The average molecular weight is 756 g/mol. The molecule has 49 heavy (non-hydrogen) atoms. The molecule has 1 N–H and O–H groups in total. The molecule has 0 aliphatic carbocycles. The molecule has 0 amide bonds. The molecule has 0 aromatic carbocycles. The minimum absolute atomic E-state index is 0. The summed E-state index contributed by atoms with van der Waals surface area (Å²) in [5.41, 5.74) is 0. The molecule has 5 heteroatoms. The van der Waals surface area contributed by atoms with Gasteiger partial charge in [-0.05, 0) is 64.2 Å². The number of quaternary nitrogens is 1. The Balaban J connectivity index is 0.0000230. The van der Waals surface area contributed by atoms with Crippen molar-refractivity contribution in [1.29, 1.82) is 0 Å². The van der Waals surface area contributed by atoms with Crippen molar-refractivity contribution in [2.75, 3.05) is 65.7 Å². The first-order valence-electron chi connectivity index (χ1n) is 21.8. The van der Waals surface area contributed by atoms with Gasteiger partial charge in [0.15, 0.2) is 0 Å². The standard InChI is InChI=1S/C44H87N2O2.BrH/c1-3-5-7-9-11-13-15-17-19-21-23-25-27-29-31-33-41-47-43-39-46(37-35-45-36-38-46)40-44-48-42-34-32-30-28-26-24-22-20-18-16-14-12-10-8-6-4-2;/h17-20,45H,3-16,21-44H2,1-2H3;1H/q+1;/p-1. The fraction of sp³-hybridized carbons (Fsp3) is 0.909. The van der Waals surface area contributed by atoms with Crippen molar-refractivity contribution in [1.82, 2.24) is 5.32 Å². The third kappa shape index (κ3) is 34.6. The van der Waals surface area contributed by atoms with E-state index in [1.54, 1.807) is 0 Å². The summed E-state index contributed by atoms with van der Waals surface area (Å²) in [6, 6.07) is 0. The van der Waals surface area contributed by atoms with E-state index in [1.165, 1.54) is 197 Å². The summed E-state index contributed by atoms with van der Waals surface area (Å²) in [5.74, 6) is 0. The quantitative estimate of drug-likeness (QED) is 0.0387. The lowest BCUT2D eigenvalue weighted by Crippen LogP contribution is -3.00. The van der Waals surface area contributed by atoms with Crippen molar-refractivity contribution < 1.29 is 30.9 Å². The van der Waals surface area contributed by atoms with Crippen LogP contribution in [0.5, 0.6) is 0 Å². The normalized spacial score (nSPS) is 14.7. The van der Waals surface area contributed by atoms with Crippen LogP contribution in [0.15, 0.2) is 24.3 Å². The lowest BCUT2D eigenvalue weighted by Gasteiger charge is -2.41. The Morgan fingerprint density at radius 3 is 1.06 bits per heavy atom. The number of rotatable bonds is 38. The van der Waals surface area contributed by atoms with Crippen LogP contribution in [0.2, 0.25) is 0 Å². The van der Waals surface area contributed by atoms with E-state index < -0.39 is 0 Å². The molecule has 0 atom stereocenters. The van der Waals surface area contributed by atoms with Gasteiger partial charge < -0.3 is 36.3 Å². The second kappa shape index (κ2) is 40.6. The van der Waals surface area contributed by atoms with Gasteiger partial charge in [-0.2, -0.15) is 0 Å². The zero-order valence-electron chi connectivity index (χ0n) is 33.3. The van der Waals surface area contributed by atoms with Crippen LogP contribution < -0.4 is 22.3 Å². The van der Waals surface area contributed by atoms with Gasteiger partial charge in [-0.1, -0.05) is 154 Å². The zero-order valence-corrected chi connectivity index (χ0v) is 34.9. The summed E-state index contributed by atoms with van der Waals surface area (Å²) >= 11 is 0. The Bertz CT molecular complexity index is 630. The lowest BCUT2D eigenvalue weighted by atomic mass is 10.1. The predicted octanol–water partition coefficient (Wildman–Crippen LogP) is 9.52. The third-order valence-electron chi connectivity index (χ3n) is 10.5. The molecule has 4 nitrogen and oxygen atoms in total. The first-order chi connectivity index (χ1) is 23.8. The SMILES string of the molecule is CCCCCCCCC=CCCCCCCCCOCC[N+]1(CCOCCCCCCCCC=CCCCCCCCC)CCNCC1.[Br-]. The molecule has 0 spiro atoms. The van der Waals surface area contributed by atoms with Crippen LogP contribution in [-0.2, 0) is 9.47 Å². The summed E-state index contributed by atoms with van der Waals surface area (Å²) in [5, 5.41) is 3.56. The summed E-state index contributed by atoms with van der Waals surface area (Å²) < 4.78 is 13.4. The highest BCUT2D eigenvalue weighted by molar-refractivity contribution is 4.82. The highest BCUT2D eigenvalue weighted by Gasteiger charge is 2.29. The topological polar surface area (TPSA) is 30.5 Å². The van der Waals surface area contributed by atoms with E-state index in [9.17, 15) is 0 Å². The van der Waals surface area contributed by atoms with Gasteiger partial charge >= 0.3 is 0 Å². The number of nitrogens with zero attached hydrogens (tertiary/aromatic N) is 1. The summed E-state index contributed by atoms with van der Waals surface area (Å²) in [6.07, 6.45) is 47.8. The molecule has 0 bridgehead atoms. The minimum atomic E-state index is 0. The molecule has 1 aliphatic heterocycles. The van der Waals surface area contributed by atoms with Gasteiger partial charge in [0.05, 0.1) is 26.3 Å². The number of allylic oxidation sites excluding steroid dienone is 4. The van der Waals surface area contributed by atoms with Crippen molar-refractivity contribution in [3.05, 3.63) is 24.3 Å². The van der Waals surface area contributed by atoms with E-state index in [4.69, 9.17) is 9.47 Å². The number of nitrogens with one attached hydrogen (secondary N) is 1. The summed E-state index contributed by atoms with van der Waals surface area (Å²) in [7, 11) is 0. The summed E-state index contributed by atoms with van der Waals surface area (Å²) in [6.45, 7) is 15.2. The monoisotopic (exact) mass is 755 g/mol. The molecule has 0 unspecified atom stereocenters. The van der Waals surface area contributed by atoms with Crippen molar-refractivity contribution in [3.63, 3.8) is 0 Å². The number of ether oxygens (including phenoxy) is 2. The Hall–Kier alpha value is -0.200. The van der Waals surface area contributed by atoms with Gasteiger partial charge in [0.1, 0.15) is 13.1 Å². The molecule has 0 radical (unpaired) electrons. The Kier molecular flexibility index (Phi) is 40.4. The zero-order chi connectivity index (χ0) is 34.3. The highest BCUT2D eigenvalue weighted by Crippen LogP contribution is 2.13. The van der Waals surface area contributed by atoms with Gasteiger partial charge in [0, 0.05) is 26.3 Å². The van der Waals surface area contributed by atoms with Crippen LogP contribution in [0.4, 0.5) is 0 Å². The van der Waals surface area contributed by atoms with Gasteiger partial charge in [0.25, 0.3) is 0 Å².